The first kappa shape index (κ1) is 36.1. The zero-order valence-corrected chi connectivity index (χ0v) is 25.8. The Bertz CT molecular complexity index is 1280. The standard InChI is InChI=1S/C22H26F3NO5.C10H13ClO3/c1-21(28,14-27)15-29-17-4-2-16(3-5-17)26-12-10-19(11-13-26)30-18-6-8-20(9-7-18)31-22(23,24)25;1-10(13,6-12)7-14-9-4-2-8(11)3-5-9/h2-9,19,27-28H,10-15H2,1H3;2-5,12-13H,6-7H2,1H3. The molecule has 4 N–H and O–H groups in total. The topological polar surface area (TPSA) is 121 Å². The zero-order valence-electron chi connectivity index (χ0n) is 25.0. The maximum Gasteiger partial charge on any atom is 0.573 e. The number of nitrogens with zero attached hydrogens (tertiary/aromatic N) is 1. The molecule has 2 atom stereocenters. The highest BCUT2D eigenvalue weighted by Crippen LogP contribution is 2.28. The molecule has 13 heteroatoms. The number of aliphatic hydroxyl groups is 4. The normalized spacial score (nSPS) is 16.4. The van der Waals surface area contributed by atoms with Crippen molar-refractivity contribution in [3.8, 4) is 23.0 Å². The van der Waals surface area contributed by atoms with Gasteiger partial charge in [0.25, 0.3) is 0 Å². The minimum atomic E-state index is -4.71. The highest BCUT2D eigenvalue weighted by Gasteiger charge is 2.31. The van der Waals surface area contributed by atoms with Gasteiger partial charge in [-0.1, -0.05) is 11.6 Å². The van der Waals surface area contributed by atoms with E-state index in [0.29, 0.717) is 22.3 Å². The summed E-state index contributed by atoms with van der Waals surface area (Å²) in [6.07, 6.45) is -3.18. The number of hydrogen-bond donors (Lipinski definition) is 4. The quantitative estimate of drug-likeness (QED) is 0.208. The number of rotatable bonds is 12. The maximum absolute atomic E-state index is 12.2. The van der Waals surface area contributed by atoms with E-state index >= 15 is 0 Å². The van der Waals surface area contributed by atoms with Crippen LogP contribution in [0.5, 0.6) is 23.0 Å². The van der Waals surface area contributed by atoms with Crippen LogP contribution in [0.3, 0.4) is 0 Å². The van der Waals surface area contributed by atoms with E-state index in [1.54, 1.807) is 24.3 Å². The van der Waals surface area contributed by atoms with Gasteiger partial charge in [0, 0.05) is 36.6 Å². The summed E-state index contributed by atoms with van der Waals surface area (Å²) >= 11 is 5.68. The molecule has 0 spiro atoms. The van der Waals surface area contributed by atoms with Crippen molar-refractivity contribution in [2.45, 2.75) is 50.4 Å². The lowest BCUT2D eigenvalue weighted by molar-refractivity contribution is -0.274. The number of aliphatic hydroxyl groups excluding tert-OH is 2. The van der Waals surface area contributed by atoms with Crippen LogP contribution >= 0.6 is 11.6 Å². The third-order valence-electron chi connectivity index (χ3n) is 6.60. The number of hydrogen-bond acceptors (Lipinski definition) is 9. The predicted molar refractivity (Wildman–Crippen MR) is 163 cm³/mol. The van der Waals surface area contributed by atoms with Gasteiger partial charge in [-0.2, -0.15) is 0 Å². The van der Waals surface area contributed by atoms with Crippen molar-refractivity contribution >= 4 is 17.3 Å². The van der Waals surface area contributed by atoms with Crippen molar-refractivity contribution in [3.63, 3.8) is 0 Å². The Morgan fingerprint density at radius 1 is 0.711 bits per heavy atom. The number of halogens is 4. The Hall–Kier alpha value is -3.42. The molecule has 1 heterocycles. The Morgan fingerprint density at radius 3 is 1.58 bits per heavy atom. The molecular weight excluding hydrogens is 619 g/mol. The first-order valence-electron chi connectivity index (χ1n) is 14.2. The third-order valence-corrected chi connectivity index (χ3v) is 6.85. The van der Waals surface area contributed by atoms with Gasteiger partial charge in [0.15, 0.2) is 0 Å². The minimum Gasteiger partial charge on any atom is -0.491 e. The molecule has 0 saturated carbocycles. The van der Waals surface area contributed by atoms with Crippen LogP contribution in [0, 0.1) is 0 Å². The highest BCUT2D eigenvalue weighted by molar-refractivity contribution is 6.30. The molecule has 0 aliphatic carbocycles. The van der Waals surface area contributed by atoms with Gasteiger partial charge < -0.3 is 44.3 Å². The highest BCUT2D eigenvalue weighted by atomic mass is 35.5. The molecule has 3 aromatic rings. The average molecular weight is 658 g/mol. The Balaban J connectivity index is 0.000000330. The van der Waals surface area contributed by atoms with E-state index in [-0.39, 0.29) is 38.3 Å². The molecule has 0 aromatic heterocycles. The molecular formula is C32H39ClF3NO8. The first-order chi connectivity index (χ1) is 21.2. The average Bonchev–Trinajstić information content (AvgIpc) is 3.01. The number of anilines is 1. The van der Waals surface area contributed by atoms with Crippen LogP contribution in [-0.4, -0.2) is 83.6 Å². The van der Waals surface area contributed by atoms with E-state index < -0.39 is 17.6 Å². The van der Waals surface area contributed by atoms with Crippen LogP contribution in [0.1, 0.15) is 26.7 Å². The van der Waals surface area contributed by atoms with Crippen molar-refractivity contribution in [1.82, 2.24) is 0 Å². The van der Waals surface area contributed by atoms with E-state index in [4.69, 9.17) is 36.0 Å². The number of ether oxygens (including phenoxy) is 4. The van der Waals surface area contributed by atoms with Crippen LogP contribution in [-0.2, 0) is 0 Å². The molecule has 1 saturated heterocycles. The second kappa shape index (κ2) is 16.2. The summed E-state index contributed by atoms with van der Waals surface area (Å²) in [5.74, 6) is 1.45. The minimum absolute atomic E-state index is 0.00507. The molecule has 0 bridgehead atoms. The lowest BCUT2D eigenvalue weighted by atomic mass is 10.1. The van der Waals surface area contributed by atoms with E-state index in [9.17, 15) is 23.4 Å². The van der Waals surface area contributed by atoms with Gasteiger partial charge in [0.1, 0.15) is 53.5 Å². The zero-order chi connectivity index (χ0) is 33.1. The van der Waals surface area contributed by atoms with Gasteiger partial charge in [-0.3, -0.25) is 0 Å². The number of alkyl halides is 3. The first-order valence-corrected chi connectivity index (χ1v) is 14.6. The third kappa shape index (κ3) is 13.2. The van der Waals surface area contributed by atoms with E-state index in [2.05, 4.69) is 9.64 Å². The Kier molecular flexibility index (Phi) is 13.0. The fourth-order valence-corrected chi connectivity index (χ4v) is 4.12. The van der Waals surface area contributed by atoms with Gasteiger partial charge in [-0.25, -0.2) is 0 Å². The summed E-state index contributed by atoms with van der Waals surface area (Å²) in [5.41, 5.74) is -1.46. The molecule has 0 radical (unpaired) electrons. The Morgan fingerprint density at radius 2 is 1.13 bits per heavy atom. The molecule has 1 aliphatic rings. The summed E-state index contributed by atoms with van der Waals surface area (Å²) in [6.45, 7) is 3.88. The Labute approximate surface area is 265 Å². The monoisotopic (exact) mass is 657 g/mol. The summed E-state index contributed by atoms with van der Waals surface area (Å²) in [4.78, 5) is 2.22. The van der Waals surface area contributed by atoms with Crippen molar-refractivity contribution in [3.05, 3.63) is 77.8 Å². The predicted octanol–water partition coefficient (Wildman–Crippen LogP) is 5.22. The van der Waals surface area contributed by atoms with Crippen molar-refractivity contribution in [2.24, 2.45) is 0 Å². The summed E-state index contributed by atoms with van der Waals surface area (Å²) in [5, 5.41) is 37.7. The maximum atomic E-state index is 12.2. The van der Waals surface area contributed by atoms with Gasteiger partial charge in [-0.05, 0) is 86.6 Å². The molecule has 2 unspecified atom stereocenters. The lowest BCUT2D eigenvalue weighted by Crippen LogP contribution is -2.38. The second-order valence-electron chi connectivity index (χ2n) is 11.2. The fraction of sp³-hybridized carbons (Fsp3) is 0.438. The summed E-state index contributed by atoms with van der Waals surface area (Å²) in [6, 6.07) is 19.7. The van der Waals surface area contributed by atoms with E-state index in [0.717, 1.165) is 31.6 Å². The molecule has 9 nitrogen and oxygen atoms in total. The van der Waals surface area contributed by atoms with E-state index in [1.165, 1.54) is 38.1 Å². The summed E-state index contributed by atoms with van der Waals surface area (Å²) in [7, 11) is 0. The molecule has 3 aromatic carbocycles. The summed E-state index contributed by atoms with van der Waals surface area (Å²) < 4.78 is 57.2. The van der Waals surface area contributed by atoms with Gasteiger partial charge in [0.05, 0.1) is 13.2 Å². The largest absolute Gasteiger partial charge is 0.573 e. The van der Waals surface area contributed by atoms with Crippen molar-refractivity contribution in [2.75, 3.05) is 44.4 Å². The van der Waals surface area contributed by atoms with Gasteiger partial charge >= 0.3 is 6.36 Å². The SMILES string of the molecule is CC(O)(CO)COc1ccc(Cl)cc1.CC(O)(CO)COc1ccc(N2CCC(Oc3ccc(OC(F)(F)F)cc3)CC2)cc1. The van der Waals surface area contributed by atoms with Crippen LogP contribution in [0.4, 0.5) is 18.9 Å². The van der Waals surface area contributed by atoms with Crippen molar-refractivity contribution < 1.29 is 52.5 Å². The second-order valence-corrected chi connectivity index (χ2v) is 11.6. The smallest absolute Gasteiger partial charge is 0.491 e. The van der Waals surface area contributed by atoms with E-state index in [1.807, 2.05) is 24.3 Å². The van der Waals surface area contributed by atoms with Crippen molar-refractivity contribution in [1.29, 1.82) is 0 Å². The van der Waals surface area contributed by atoms with Crippen LogP contribution < -0.4 is 23.8 Å². The van der Waals surface area contributed by atoms with Gasteiger partial charge in [0.2, 0.25) is 0 Å². The molecule has 4 rings (SSSR count). The fourth-order valence-electron chi connectivity index (χ4n) is 4.00. The molecule has 0 amide bonds. The molecule has 248 valence electrons. The number of piperidine rings is 1. The number of benzene rings is 3. The molecule has 1 fully saturated rings. The van der Waals surface area contributed by atoms with Gasteiger partial charge in [-0.15, -0.1) is 13.2 Å². The van der Waals surface area contributed by atoms with Crippen LogP contribution in [0.15, 0.2) is 72.8 Å². The lowest BCUT2D eigenvalue weighted by Gasteiger charge is -2.33. The van der Waals surface area contributed by atoms with Crippen LogP contribution in [0.2, 0.25) is 5.02 Å². The van der Waals surface area contributed by atoms with Crippen LogP contribution in [0.25, 0.3) is 0 Å². The molecule has 1 aliphatic heterocycles. The molecule has 45 heavy (non-hydrogen) atoms.